The lowest BCUT2D eigenvalue weighted by Gasteiger charge is -2.36. The van der Waals surface area contributed by atoms with Gasteiger partial charge in [-0.3, -0.25) is 0 Å². The number of likely N-dealkylation sites (N-methyl/N-ethyl adjacent to an activating group) is 1. The molecule has 0 spiro atoms. The molecule has 13 heteroatoms. The van der Waals surface area contributed by atoms with E-state index < -0.39 is 6.09 Å². The van der Waals surface area contributed by atoms with Gasteiger partial charge in [-0.15, -0.1) is 0 Å². The molecule has 1 fully saturated rings. The fourth-order valence-electron chi connectivity index (χ4n) is 4.16. The summed E-state index contributed by atoms with van der Waals surface area (Å²) in [6, 6.07) is 8.43. The van der Waals surface area contributed by atoms with Gasteiger partial charge in [0.1, 0.15) is 22.3 Å². The van der Waals surface area contributed by atoms with Gasteiger partial charge in [0.2, 0.25) is 5.95 Å². The molecule has 38 heavy (non-hydrogen) atoms. The van der Waals surface area contributed by atoms with Gasteiger partial charge in [-0.1, -0.05) is 18.5 Å². The Morgan fingerprint density at radius 3 is 2.42 bits per heavy atom. The average molecular weight is 543 g/mol. The van der Waals surface area contributed by atoms with Crippen LogP contribution in [-0.4, -0.2) is 67.9 Å². The van der Waals surface area contributed by atoms with Crippen molar-refractivity contribution in [1.29, 1.82) is 0 Å². The third-order valence-electron chi connectivity index (χ3n) is 6.14. The molecular weight excluding hydrogens is 512 g/mol. The van der Waals surface area contributed by atoms with E-state index in [-0.39, 0.29) is 22.5 Å². The number of amides is 1. The molecule has 2 heterocycles. The number of benzene rings is 2. The Hall–Kier alpha value is -4.16. The molecule has 1 aromatic heterocycles. The number of methoxy groups -OCH3 is 2. The van der Waals surface area contributed by atoms with E-state index in [9.17, 15) is 4.79 Å². The normalized spacial score (nSPS) is 13.6. The first-order valence-corrected chi connectivity index (χ1v) is 12.4. The Morgan fingerprint density at radius 1 is 1.05 bits per heavy atom. The quantitative estimate of drug-likeness (QED) is 0.292. The molecule has 2 aromatic carbocycles. The second-order valence-corrected chi connectivity index (χ2v) is 8.86. The molecular formula is C25H31ClN8O4. The van der Waals surface area contributed by atoms with Crippen LogP contribution in [0.3, 0.4) is 0 Å². The number of nitrogens with two attached hydrogens (primary N) is 2. The van der Waals surface area contributed by atoms with Gasteiger partial charge < -0.3 is 46.1 Å². The number of aromatic nitrogens is 2. The monoisotopic (exact) mass is 542 g/mol. The van der Waals surface area contributed by atoms with Crippen molar-refractivity contribution in [3.63, 3.8) is 0 Å². The highest BCUT2D eigenvalue weighted by Crippen LogP contribution is 2.38. The Morgan fingerprint density at radius 2 is 1.76 bits per heavy atom. The van der Waals surface area contributed by atoms with Gasteiger partial charge in [-0.2, -0.15) is 4.98 Å². The number of carbonyl (C=O) groups is 1. The highest BCUT2D eigenvalue weighted by atomic mass is 35.5. The highest BCUT2D eigenvalue weighted by Gasteiger charge is 2.20. The maximum absolute atomic E-state index is 11.2. The van der Waals surface area contributed by atoms with Crippen molar-refractivity contribution in [2.75, 3.05) is 68.2 Å². The number of primary amides is 1. The predicted molar refractivity (Wildman–Crippen MR) is 149 cm³/mol. The van der Waals surface area contributed by atoms with Crippen molar-refractivity contribution in [3.05, 3.63) is 41.6 Å². The van der Waals surface area contributed by atoms with Crippen molar-refractivity contribution >= 4 is 52.2 Å². The molecule has 202 valence electrons. The number of nitrogens with zero attached hydrogens (tertiary/aromatic N) is 4. The van der Waals surface area contributed by atoms with Gasteiger partial charge in [-0.25, -0.2) is 9.78 Å². The molecule has 1 aliphatic heterocycles. The molecule has 0 saturated carbocycles. The van der Waals surface area contributed by atoms with Gasteiger partial charge in [0.25, 0.3) is 0 Å². The standard InChI is InChI=1S/C25H31ClN8O4/c1-4-33-7-9-34(10-8-33)20-13-22(37-3)19(12-17(20)27)31-25-29-14-16(26)23(32-25)30-18-11-15(38-24(28)35)5-6-21(18)36-2/h5-6,11-14H,4,7-10,27H2,1-3H3,(H2,28,35)(H2,29,30,31,32). The summed E-state index contributed by atoms with van der Waals surface area (Å²) in [4.78, 5) is 24.6. The third-order valence-corrected chi connectivity index (χ3v) is 6.42. The summed E-state index contributed by atoms with van der Waals surface area (Å²) in [7, 11) is 3.10. The number of hydrogen-bond acceptors (Lipinski definition) is 11. The van der Waals surface area contributed by atoms with Crippen LogP contribution >= 0.6 is 11.6 Å². The van der Waals surface area contributed by atoms with E-state index in [4.69, 9.17) is 37.3 Å². The lowest BCUT2D eigenvalue weighted by Crippen LogP contribution is -2.46. The lowest BCUT2D eigenvalue weighted by atomic mass is 10.1. The number of anilines is 6. The van der Waals surface area contributed by atoms with E-state index in [0.717, 1.165) is 38.4 Å². The zero-order chi connectivity index (χ0) is 27.2. The highest BCUT2D eigenvalue weighted by molar-refractivity contribution is 6.33. The van der Waals surface area contributed by atoms with Crippen molar-refractivity contribution in [3.8, 4) is 17.2 Å². The zero-order valence-electron chi connectivity index (χ0n) is 21.5. The molecule has 1 saturated heterocycles. The van der Waals surface area contributed by atoms with Crippen LogP contribution in [0.25, 0.3) is 0 Å². The second kappa shape index (κ2) is 11.9. The summed E-state index contributed by atoms with van der Waals surface area (Å²) >= 11 is 6.36. The third kappa shape index (κ3) is 6.21. The molecule has 6 N–H and O–H groups in total. The van der Waals surface area contributed by atoms with E-state index in [1.54, 1.807) is 25.3 Å². The first-order valence-electron chi connectivity index (χ1n) is 12.0. The first-order chi connectivity index (χ1) is 18.3. The van der Waals surface area contributed by atoms with Crippen LogP contribution in [0.15, 0.2) is 36.5 Å². The summed E-state index contributed by atoms with van der Waals surface area (Å²) in [5.74, 6) is 1.83. The maximum atomic E-state index is 11.2. The first kappa shape index (κ1) is 26.9. The van der Waals surface area contributed by atoms with Crippen molar-refractivity contribution in [1.82, 2.24) is 14.9 Å². The van der Waals surface area contributed by atoms with Crippen molar-refractivity contribution in [2.45, 2.75) is 6.92 Å². The van der Waals surface area contributed by atoms with Crippen LogP contribution in [0.5, 0.6) is 17.2 Å². The predicted octanol–water partition coefficient (Wildman–Crippen LogP) is 3.82. The van der Waals surface area contributed by atoms with E-state index in [1.165, 1.54) is 19.4 Å². The van der Waals surface area contributed by atoms with E-state index >= 15 is 0 Å². The minimum absolute atomic E-state index is 0.223. The number of nitrogen functional groups attached to an aromatic ring is 1. The number of nitrogens with one attached hydrogen (secondary N) is 2. The van der Waals surface area contributed by atoms with Crippen molar-refractivity contribution in [2.24, 2.45) is 5.73 Å². The molecule has 12 nitrogen and oxygen atoms in total. The molecule has 0 atom stereocenters. The molecule has 0 unspecified atom stereocenters. The number of ether oxygens (including phenoxy) is 3. The minimum Gasteiger partial charge on any atom is -0.495 e. The summed E-state index contributed by atoms with van der Waals surface area (Å²) in [5, 5.41) is 6.50. The van der Waals surface area contributed by atoms with Crippen LogP contribution < -0.4 is 41.2 Å². The van der Waals surface area contributed by atoms with Gasteiger partial charge in [-0.05, 0) is 24.7 Å². The largest absolute Gasteiger partial charge is 0.495 e. The Bertz CT molecular complexity index is 1300. The minimum atomic E-state index is -0.935. The summed E-state index contributed by atoms with van der Waals surface area (Å²) in [5.41, 5.74) is 14.2. The number of hydrogen-bond donors (Lipinski definition) is 4. The number of halogens is 1. The zero-order valence-corrected chi connectivity index (χ0v) is 22.2. The number of piperazine rings is 1. The summed E-state index contributed by atoms with van der Waals surface area (Å²) in [6.45, 7) is 6.94. The van der Waals surface area contributed by atoms with Crippen LogP contribution in [-0.2, 0) is 0 Å². The summed E-state index contributed by atoms with van der Waals surface area (Å²) in [6.07, 6.45) is 0.516. The SMILES string of the molecule is CCN1CCN(c2cc(OC)c(Nc3ncc(Cl)c(Nc4cc(OC(N)=O)ccc4OC)n3)cc2N)CC1. The summed E-state index contributed by atoms with van der Waals surface area (Å²) < 4.78 is 16.0. The molecule has 0 radical (unpaired) electrons. The van der Waals surface area contributed by atoms with E-state index in [0.29, 0.717) is 28.6 Å². The molecule has 0 bridgehead atoms. The molecule has 1 aliphatic rings. The maximum Gasteiger partial charge on any atom is 0.409 e. The molecule has 0 aliphatic carbocycles. The Kier molecular flexibility index (Phi) is 8.44. The van der Waals surface area contributed by atoms with Crippen LogP contribution in [0.4, 0.5) is 39.3 Å². The topological polar surface area (TPSA) is 153 Å². The molecule has 3 aromatic rings. The molecule has 1 amide bonds. The Labute approximate surface area is 225 Å². The number of rotatable bonds is 9. The van der Waals surface area contributed by atoms with E-state index in [1.807, 2.05) is 6.07 Å². The van der Waals surface area contributed by atoms with Crippen LogP contribution in [0.2, 0.25) is 5.02 Å². The average Bonchev–Trinajstić information content (AvgIpc) is 2.91. The van der Waals surface area contributed by atoms with Gasteiger partial charge in [0.15, 0.2) is 5.82 Å². The van der Waals surface area contributed by atoms with Gasteiger partial charge in [0, 0.05) is 38.3 Å². The van der Waals surface area contributed by atoms with Gasteiger partial charge in [0.05, 0.1) is 43.2 Å². The van der Waals surface area contributed by atoms with Crippen LogP contribution in [0.1, 0.15) is 6.92 Å². The fourth-order valence-corrected chi connectivity index (χ4v) is 4.30. The lowest BCUT2D eigenvalue weighted by molar-refractivity contribution is 0.211. The Balaban J connectivity index is 1.57. The van der Waals surface area contributed by atoms with Gasteiger partial charge >= 0.3 is 6.09 Å². The van der Waals surface area contributed by atoms with Crippen molar-refractivity contribution < 1.29 is 19.0 Å². The smallest absolute Gasteiger partial charge is 0.409 e. The van der Waals surface area contributed by atoms with Crippen LogP contribution in [0, 0.1) is 0 Å². The van der Waals surface area contributed by atoms with E-state index in [2.05, 4.69) is 37.3 Å². The number of carbonyl (C=O) groups excluding carboxylic acids is 1. The second-order valence-electron chi connectivity index (χ2n) is 8.46. The fraction of sp³-hybridized carbons (Fsp3) is 0.320. The molecule has 4 rings (SSSR count).